The van der Waals surface area contributed by atoms with Crippen molar-refractivity contribution >= 4 is 22.2 Å². The molecule has 0 radical (unpaired) electrons. The zero-order valence-electron chi connectivity index (χ0n) is 16.5. The molecule has 0 saturated carbocycles. The number of hydrogen-bond acceptors (Lipinski definition) is 5. The Hall–Kier alpha value is -2.99. The number of aryl methyl sites for hydroxylation is 2. The van der Waals surface area contributed by atoms with E-state index < -0.39 is 0 Å². The summed E-state index contributed by atoms with van der Waals surface area (Å²) in [6, 6.07) is 10.6. The number of thiazole rings is 1. The Morgan fingerprint density at radius 1 is 1.07 bits per heavy atom. The van der Waals surface area contributed by atoms with Crippen molar-refractivity contribution in [1.29, 1.82) is 0 Å². The van der Waals surface area contributed by atoms with Crippen molar-refractivity contribution in [3.63, 3.8) is 0 Å². The van der Waals surface area contributed by atoms with E-state index in [-0.39, 0.29) is 0 Å². The molecule has 6 heteroatoms. The molecule has 0 aliphatic heterocycles. The third kappa shape index (κ3) is 3.82. The van der Waals surface area contributed by atoms with Gasteiger partial charge in [-0.05, 0) is 49.1 Å². The predicted octanol–water partition coefficient (Wildman–Crippen LogP) is 5.87. The van der Waals surface area contributed by atoms with Gasteiger partial charge in [0, 0.05) is 29.0 Å². The summed E-state index contributed by atoms with van der Waals surface area (Å²) in [6.45, 7) is 8.49. The van der Waals surface area contributed by atoms with E-state index in [1.807, 2.05) is 36.0 Å². The maximum atomic E-state index is 4.75. The Morgan fingerprint density at radius 2 is 1.93 bits per heavy atom. The Morgan fingerprint density at radius 3 is 2.61 bits per heavy atom. The van der Waals surface area contributed by atoms with Gasteiger partial charge < -0.3 is 5.32 Å². The molecular weight excluding hydrogens is 366 g/mol. The average molecular weight is 390 g/mol. The predicted molar refractivity (Wildman–Crippen MR) is 116 cm³/mol. The quantitative estimate of drug-likeness (QED) is 0.463. The van der Waals surface area contributed by atoms with Crippen LogP contribution >= 0.6 is 11.3 Å². The molecule has 142 valence electrons. The topological polar surface area (TPSA) is 55.6 Å². The normalized spacial score (nSPS) is 11.2. The molecule has 5 nitrogen and oxygen atoms in total. The molecule has 3 heterocycles. The minimum Gasteiger partial charge on any atom is -0.331 e. The van der Waals surface area contributed by atoms with Gasteiger partial charge in [0.25, 0.3) is 0 Å². The van der Waals surface area contributed by atoms with Crippen LogP contribution in [0.4, 0.5) is 10.8 Å². The molecule has 0 bridgehead atoms. The number of anilines is 2. The second-order valence-corrected chi connectivity index (χ2v) is 8.08. The fourth-order valence-corrected chi connectivity index (χ4v) is 3.68. The van der Waals surface area contributed by atoms with Crippen LogP contribution in [-0.4, -0.2) is 19.5 Å². The highest BCUT2D eigenvalue weighted by Crippen LogP contribution is 2.30. The maximum Gasteiger partial charge on any atom is 0.187 e. The highest BCUT2D eigenvalue weighted by Gasteiger charge is 2.09. The van der Waals surface area contributed by atoms with Crippen molar-refractivity contribution in [2.75, 3.05) is 5.32 Å². The summed E-state index contributed by atoms with van der Waals surface area (Å²) in [4.78, 5) is 13.5. The van der Waals surface area contributed by atoms with Crippen LogP contribution in [0.25, 0.3) is 17.1 Å². The smallest absolute Gasteiger partial charge is 0.187 e. The lowest BCUT2D eigenvalue weighted by atomic mass is 10.0. The Balaban J connectivity index is 1.54. The fraction of sp³-hybridized carbons (Fsp3) is 0.227. The van der Waals surface area contributed by atoms with E-state index in [4.69, 9.17) is 4.98 Å². The highest BCUT2D eigenvalue weighted by atomic mass is 32.1. The Kier molecular flexibility index (Phi) is 4.96. The van der Waals surface area contributed by atoms with E-state index in [0.29, 0.717) is 5.92 Å². The summed E-state index contributed by atoms with van der Waals surface area (Å²) in [6.07, 6.45) is 5.59. The van der Waals surface area contributed by atoms with Gasteiger partial charge >= 0.3 is 0 Å². The van der Waals surface area contributed by atoms with Gasteiger partial charge in [0.2, 0.25) is 0 Å². The van der Waals surface area contributed by atoms with Crippen molar-refractivity contribution < 1.29 is 0 Å². The number of benzene rings is 1. The number of pyridine rings is 1. The first-order valence-corrected chi connectivity index (χ1v) is 10.2. The Bertz CT molecular complexity index is 1090. The minimum absolute atomic E-state index is 0.497. The van der Waals surface area contributed by atoms with E-state index in [2.05, 4.69) is 59.6 Å². The average Bonchev–Trinajstić information content (AvgIpc) is 3.33. The summed E-state index contributed by atoms with van der Waals surface area (Å²) in [5.74, 6) is 1.34. The number of imidazole rings is 1. The third-order valence-electron chi connectivity index (χ3n) is 4.69. The lowest BCUT2D eigenvalue weighted by Gasteiger charge is -2.11. The molecule has 1 aromatic carbocycles. The summed E-state index contributed by atoms with van der Waals surface area (Å²) in [7, 11) is 0. The summed E-state index contributed by atoms with van der Waals surface area (Å²) < 4.78 is 1.91. The van der Waals surface area contributed by atoms with Crippen LogP contribution in [0.3, 0.4) is 0 Å². The van der Waals surface area contributed by atoms with Gasteiger partial charge in [-0.2, -0.15) is 0 Å². The fourth-order valence-electron chi connectivity index (χ4n) is 2.95. The third-order valence-corrected chi connectivity index (χ3v) is 5.45. The molecule has 0 atom stereocenters. The standard InChI is InChI=1S/C22H23N5S/c1-14(2)17-6-5-15(3)19(9-17)25-22-26-20(12-28-22)18-7-8-21(23-10-18)27-11-16(4)24-13-27/h5-14H,1-4H3,(H,25,26). The highest BCUT2D eigenvalue weighted by molar-refractivity contribution is 7.14. The number of nitrogens with zero attached hydrogens (tertiary/aromatic N) is 4. The molecule has 0 amide bonds. The minimum atomic E-state index is 0.497. The van der Waals surface area contributed by atoms with E-state index in [1.54, 1.807) is 17.7 Å². The van der Waals surface area contributed by atoms with Gasteiger partial charge in [-0.1, -0.05) is 26.0 Å². The number of nitrogens with one attached hydrogen (secondary N) is 1. The van der Waals surface area contributed by atoms with Crippen LogP contribution in [0.1, 0.15) is 36.6 Å². The number of aromatic nitrogens is 4. The van der Waals surface area contributed by atoms with E-state index >= 15 is 0 Å². The second kappa shape index (κ2) is 7.56. The lowest BCUT2D eigenvalue weighted by Crippen LogP contribution is -1.96. The zero-order valence-corrected chi connectivity index (χ0v) is 17.3. The van der Waals surface area contributed by atoms with Gasteiger partial charge in [-0.25, -0.2) is 15.0 Å². The van der Waals surface area contributed by atoms with Crippen molar-refractivity contribution in [3.8, 4) is 17.1 Å². The molecule has 0 spiro atoms. The molecule has 4 aromatic rings. The molecule has 3 aromatic heterocycles. The summed E-state index contributed by atoms with van der Waals surface area (Å²) in [5.41, 5.74) is 6.53. The van der Waals surface area contributed by atoms with Gasteiger partial charge in [0.15, 0.2) is 5.13 Å². The van der Waals surface area contributed by atoms with Gasteiger partial charge in [-0.15, -0.1) is 11.3 Å². The van der Waals surface area contributed by atoms with E-state index in [0.717, 1.165) is 33.6 Å². The van der Waals surface area contributed by atoms with Crippen molar-refractivity contribution in [2.24, 2.45) is 0 Å². The molecule has 1 N–H and O–H groups in total. The van der Waals surface area contributed by atoms with E-state index in [1.165, 1.54) is 11.1 Å². The lowest BCUT2D eigenvalue weighted by molar-refractivity contribution is 0.866. The van der Waals surface area contributed by atoms with Gasteiger partial charge in [-0.3, -0.25) is 4.57 Å². The molecule has 0 fully saturated rings. The van der Waals surface area contributed by atoms with Crippen molar-refractivity contribution in [3.05, 3.63) is 71.3 Å². The second-order valence-electron chi connectivity index (χ2n) is 7.22. The Labute approximate surface area is 169 Å². The van der Waals surface area contributed by atoms with Crippen molar-refractivity contribution in [1.82, 2.24) is 19.5 Å². The summed E-state index contributed by atoms with van der Waals surface area (Å²) in [5, 5.41) is 6.41. The summed E-state index contributed by atoms with van der Waals surface area (Å²) >= 11 is 1.60. The van der Waals surface area contributed by atoms with Crippen LogP contribution in [0, 0.1) is 13.8 Å². The molecule has 0 saturated heterocycles. The van der Waals surface area contributed by atoms with Crippen LogP contribution in [0.5, 0.6) is 0 Å². The first-order chi connectivity index (χ1) is 13.5. The van der Waals surface area contributed by atoms with E-state index in [9.17, 15) is 0 Å². The molecule has 4 rings (SSSR count). The molecule has 0 aliphatic carbocycles. The number of hydrogen-bond donors (Lipinski definition) is 1. The molecule has 0 aliphatic rings. The van der Waals surface area contributed by atoms with Crippen LogP contribution in [0.2, 0.25) is 0 Å². The van der Waals surface area contributed by atoms with Gasteiger partial charge in [0.1, 0.15) is 12.1 Å². The molecular formula is C22H23N5S. The maximum absolute atomic E-state index is 4.75. The van der Waals surface area contributed by atoms with Gasteiger partial charge in [0.05, 0.1) is 11.4 Å². The van der Waals surface area contributed by atoms with Crippen LogP contribution < -0.4 is 5.32 Å². The van der Waals surface area contributed by atoms with Crippen LogP contribution in [0.15, 0.2) is 54.4 Å². The molecule has 0 unspecified atom stereocenters. The SMILES string of the molecule is Cc1cn(-c2ccc(-c3csc(Nc4cc(C(C)C)ccc4C)n3)cn2)cn1. The monoisotopic (exact) mass is 389 g/mol. The van der Waals surface area contributed by atoms with Crippen molar-refractivity contribution in [2.45, 2.75) is 33.6 Å². The van der Waals surface area contributed by atoms with Crippen LogP contribution in [-0.2, 0) is 0 Å². The first-order valence-electron chi connectivity index (χ1n) is 9.30. The zero-order chi connectivity index (χ0) is 19.7. The first kappa shape index (κ1) is 18.4. The number of rotatable bonds is 5. The largest absolute Gasteiger partial charge is 0.331 e. The molecule has 28 heavy (non-hydrogen) atoms.